The van der Waals surface area contributed by atoms with Crippen molar-refractivity contribution >= 4 is 5.78 Å². The van der Waals surface area contributed by atoms with Crippen molar-refractivity contribution < 1.29 is 9.53 Å². The number of hydrogen-bond acceptors (Lipinski definition) is 2. The molecule has 1 aromatic carbocycles. The molecule has 2 nitrogen and oxygen atoms in total. The van der Waals surface area contributed by atoms with Crippen LogP contribution in [-0.2, 0) is 0 Å². The molecule has 0 amide bonds. The van der Waals surface area contributed by atoms with Gasteiger partial charge in [0.05, 0.1) is 12.2 Å². The van der Waals surface area contributed by atoms with Crippen LogP contribution in [0.4, 0.5) is 0 Å². The fourth-order valence-corrected chi connectivity index (χ4v) is 3.09. The number of carbonyl (C=O) groups excluding carboxylic acids is 1. The van der Waals surface area contributed by atoms with E-state index in [0.717, 1.165) is 29.2 Å². The first-order valence-corrected chi connectivity index (χ1v) is 7.97. The lowest BCUT2D eigenvalue weighted by molar-refractivity contribution is 0.0966. The molecule has 0 unspecified atom stereocenters. The third-order valence-corrected chi connectivity index (χ3v) is 4.24. The van der Waals surface area contributed by atoms with Crippen molar-refractivity contribution in [1.29, 1.82) is 0 Å². The summed E-state index contributed by atoms with van der Waals surface area (Å²) in [7, 11) is 0. The van der Waals surface area contributed by atoms with Crippen LogP contribution in [0.15, 0.2) is 18.2 Å². The topological polar surface area (TPSA) is 26.3 Å². The van der Waals surface area contributed by atoms with Gasteiger partial charge in [-0.15, -0.1) is 0 Å². The van der Waals surface area contributed by atoms with Crippen LogP contribution in [0.2, 0.25) is 0 Å². The second-order valence-corrected chi connectivity index (χ2v) is 5.90. The zero-order valence-electron chi connectivity index (χ0n) is 12.8. The summed E-state index contributed by atoms with van der Waals surface area (Å²) in [6.45, 7) is 4.58. The van der Waals surface area contributed by atoms with Crippen molar-refractivity contribution in [3.05, 3.63) is 29.3 Å². The van der Waals surface area contributed by atoms with Crippen molar-refractivity contribution in [3.63, 3.8) is 0 Å². The molecule has 0 heterocycles. The highest BCUT2D eigenvalue weighted by Gasteiger charge is 2.17. The average molecular weight is 274 g/mol. The minimum atomic E-state index is 0.239. The second-order valence-electron chi connectivity index (χ2n) is 5.90. The van der Waals surface area contributed by atoms with Crippen molar-refractivity contribution in [2.75, 3.05) is 6.61 Å². The highest BCUT2D eigenvalue weighted by atomic mass is 16.5. The minimum Gasteiger partial charge on any atom is -0.493 e. The molecule has 0 atom stereocenters. The molecule has 0 radical (unpaired) electrons. The summed E-state index contributed by atoms with van der Waals surface area (Å²) in [6, 6.07) is 5.89. The normalized spacial score (nSPS) is 16.1. The molecule has 1 aliphatic rings. The molecule has 1 saturated carbocycles. The van der Waals surface area contributed by atoms with E-state index in [9.17, 15) is 4.79 Å². The number of benzene rings is 1. The zero-order valence-corrected chi connectivity index (χ0v) is 12.8. The molecule has 1 aliphatic carbocycles. The van der Waals surface area contributed by atoms with E-state index in [1.807, 2.05) is 32.0 Å². The first-order chi connectivity index (χ1) is 9.70. The number of rotatable bonds is 6. The maximum atomic E-state index is 12.5. The van der Waals surface area contributed by atoms with Gasteiger partial charge in [0.25, 0.3) is 0 Å². The molecular formula is C18H26O2. The van der Waals surface area contributed by atoms with Gasteiger partial charge in [-0.05, 0) is 38.3 Å². The summed E-state index contributed by atoms with van der Waals surface area (Å²) in [4.78, 5) is 12.5. The highest BCUT2D eigenvalue weighted by Crippen LogP contribution is 2.29. The third kappa shape index (κ3) is 4.09. The maximum absolute atomic E-state index is 12.5. The van der Waals surface area contributed by atoms with E-state index in [1.54, 1.807) is 0 Å². The smallest absolute Gasteiger partial charge is 0.166 e. The van der Waals surface area contributed by atoms with Crippen molar-refractivity contribution in [2.45, 2.75) is 58.8 Å². The Morgan fingerprint density at radius 1 is 1.25 bits per heavy atom. The van der Waals surface area contributed by atoms with Gasteiger partial charge in [0.2, 0.25) is 0 Å². The van der Waals surface area contributed by atoms with Gasteiger partial charge in [-0.1, -0.05) is 43.7 Å². The Balaban J connectivity index is 1.98. The minimum absolute atomic E-state index is 0.239. The largest absolute Gasteiger partial charge is 0.493 e. The van der Waals surface area contributed by atoms with E-state index in [-0.39, 0.29) is 5.78 Å². The molecule has 1 aromatic rings. The molecule has 1 fully saturated rings. The molecule has 110 valence electrons. The molecule has 0 bridgehead atoms. The number of carbonyl (C=O) groups is 1. The molecule has 2 heteroatoms. The Hall–Kier alpha value is -1.31. The van der Waals surface area contributed by atoms with Crippen molar-refractivity contribution in [2.24, 2.45) is 5.92 Å². The maximum Gasteiger partial charge on any atom is 0.166 e. The molecule has 0 spiro atoms. The Morgan fingerprint density at radius 2 is 2.00 bits per heavy atom. The molecule has 0 N–H and O–H groups in total. The van der Waals surface area contributed by atoms with Crippen LogP contribution in [0.25, 0.3) is 0 Å². The SMILES string of the molecule is CCOc1ccc(C)cc1C(=O)CCC1CCCCC1. The van der Waals surface area contributed by atoms with Gasteiger partial charge in [0.1, 0.15) is 5.75 Å². The van der Waals surface area contributed by atoms with Gasteiger partial charge in [-0.3, -0.25) is 4.79 Å². The third-order valence-electron chi connectivity index (χ3n) is 4.24. The molecule has 2 rings (SSSR count). The van der Waals surface area contributed by atoms with Gasteiger partial charge in [-0.2, -0.15) is 0 Å². The number of ketones is 1. The van der Waals surface area contributed by atoms with Gasteiger partial charge in [0, 0.05) is 6.42 Å². The number of aryl methyl sites for hydroxylation is 1. The lowest BCUT2D eigenvalue weighted by Crippen LogP contribution is -2.10. The van der Waals surface area contributed by atoms with Crippen LogP contribution in [0.3, 0.4) is 0 Å². The predicted octanol–water partition coefficient (Wildman–Crippen LogP) is 4.94. The summed E-state index contributed by atoms with van der Waals surface area (Å²) >= 11 is 0. The summed E-state index contributed by atoms with van der Waals surface area (Å²) < 4.78 is 5.58. The van der Waals surface area contributed by atoms with Gasteiger partial charge in [-0.25, -0.2) is 0 Å². The van der Waals surface area contributed by atoms with Crippen LogP contribution in [0, 0.1) is 12.8 Å². The number of Topliss-reactive ketones (excluding diaryl/α,β-unsaturated/α-hetero) is 1. The summed E-state index contributed by atoms with van der Waals surface area (Å²) in [5.41, 5.74) is 1.89. The summed E-state index contributed by atoms with van der Waals surface area (Å²) in [5, 5.41) is 0. The lowest BCUT2D eigenvalue weighted by atomic mass is 9.85. The monoisotopic (exact) mass is 274 g/mol. The molecule has 0 saturated heterocycles. The Labute approximate surface area is 122 Å². The fraction of sp³-hybridized carbons (Fsp3) is 0.611. The Morgan fingerprint density at radius 3 is 2.70 bits per heavy atom. The van der Waals surface area contributed by atoms with E-state index < -0.39 is 0 Å². The standard InChI is InChI=1S/C18H26O2/c1-3-20-18-12-9-14(2)13-16(18)17(19)11-10-15-7-5-4-6-8-15/h9,12-13,15H,3-8,10-11H2,1-2H3. The number of hydrogen-bond donors (Lipinski definition) is 0. The van der Waals surface area contributed by atoms with Crippen LogP contribution >= 0.6 is 0 Å². The Bertz CT molecular complexity index is 445. The Kier molecular flexibility index (Phi) is 5.63. The van der Waals surface area contributed by atoms with E-state index in [2.05, 4.69) is 0 Å². The molecule has 0 aromatic heterocycles. The van der Waals surface area contributed by atoms with E-state index >= 15 is 0 Å². The molecule has 20 heavy (non-hydrogen) atoms. The van der Waals surface area contributed by atoms with Crippen LogP contribution in [0.1, 0.15) is 67.8 Å². The van der Waals surface area contributed by atoms with E-state index in [0.29, 0.717) is 13.0 Å². The first-order valence-electron chi connectivity index (χ1n) is 7.97. The fourth-order valence-electron chi connectivity index (χ4n) is 3.09. The van der Waals surface area contributed by atoms with Crippen LogP contribution in [-0.4, -0.2) is 12.4 Å². The van der Waals surface area contributed by atoms with Gasteiger partial charge in [0.15, 0.2) is 5.78 Å². The molecule has 0 aliphatic heterocycles. The van der Waals surface area contributed by atoms with Gasteiger partial charge < -0.3 is 4.74 Å². The lowest BCUT2D eigenvalue weighted by Gasteiger charge is -2.21. The van der Waals surface area contributed by atoms with Crippen LogP contribution in [0.5, 0.6) is 5.75 Å². The molecular weight excluding hydrogens is 248 g/mol. The predicted molar refractivity (Wildman–Crippen MR) is 82.5 cm³/mol. The van der Waals surface area contributed by atoms with Gasteiger partial charge >= 0.3 is 0 Å². The quantitative estimate of drug-likeness (QED) is 0.687. The highest BCUT2D eigenvalue weighted by molar-refractivity contribution is 5.98. The van der Waals surface area contributed by atoms with E-state index in [4.69, 9.17) is 4.74 Å². The summed E-state index contributed by atoms with van der Waals surface area (Å²) in [6.07, 6.45) is 8.36. The zero-order chi connectivity index (χ0) is 14.4. The average Bonchev–Trinajstić information content (AvgIpc) is 2.48. The van der Waals surface area contributed by atoms with E-state index in [1.165, 1.54) is 32.1 Å². The first kappa shape index (κ1) is 15.1. The van der Waals surface area contributed by atoms with Crippen molar-refractivity contribution in [1.82, 2.24) is 0 Å². The summed E-state index contributed by atoms with van der Waals surface area (Å²) in [5.74, 6) is 1.74. The van der Waals surface area contributed by atoms with Crippen molar-refractivity contribution in [3.8, 4) is 5.75 Å². The number of ether oxygens (including phenoxy) is 1. The second kappa shape index (κ2) is 7.47. The van der Waals surface area contributed by atoms with Crippen LogP contribution < -0.4 is 4.74 Å².